The number of hydrogen-bond donors (Lipinski definition) is 1. The average molecular weight is 460 g/mol. The second kappa shape index (κ2) is 9.06. The highest BCUT2D eigenvalue weighted by molar-refractivity contribution is 7.85. The third-order valence-corrected chi connectivity index (χ3v) is 5.03. The van der Waals surface area contributed by atoms with Gasteiger partial charge in [-0.05, 0) is 67.8 Å². The number of ether oxygens (including phenoxy) is 2. The predicted molar refractivity (Wildman–Crippen MR) is 104 cm³/mol. The summed E-state index contributed by atoms with van der Waals surface area (Å²) in [6.07, 6.45) is -8.25. The minimum absolute atomic E-state index is 0.0328. The Hall–Kier alpha value is -2.92. The van der Waals surface area contributed by atoms with E-state index in [1.807, 2.05) is 19.9 Å². The van der Waals surface area contributed by atoms with E-state index in [0.717, 1.165) is 28.8 Å². The molecule has 2 aromatic carbocycles. The van der Waals surface area contributed by atoms with Crippen molar-refractivity contribution < 1.29 is 45.2 Å². The molecule has 168 valence electrons. The standard InChI is InChI=1S/C20H19F3O7S/c1-11-8-12(2)13(3)16(9-11)19(25)29-15-6-4-14(5-7-15)18(24)30-17(20(21,22)23)10-31(26,27)28/h4-9,17H,10H2,1-3H3,(H,26,27,28). The Morgan fingerprint density at radius 1 is 1.03 bits per heavy atom. The van der Waals surface area contributed by atoms with Crippen LogP contribution in [-0.4, -0.2) is 42.9 Å². The Labute approximate surface area is 176 Å². The monoisotopic (exact) mass is 460 g/mol. The number of halogens is 3. The minimum atomic E-state index is -5.20. The molecule has 0 amide bonds. The quantitative estimate of drug-likeness (QED) is 0.397. The Morgan fingerprint density at radius 3 is 2.13 bits per heavy atom. The van der Waals surface area contributed by atoms with Gasteiger partial charge in [0.15, 0.2) is 0 Å². The number of benzene rings is 2. The number of alkyl halides is 3. The van der Waals surface area contributed by atoms with Gasteiger partial charge in [0.2, 0.25) is 6.10 Å². The molecule has 1 N–H and O–H groups in total. The Kier molecular flexibility index (Phi) is 7.12. The van der Waals surface area contributed by atoms with Crippen molar-refractivity contribution in [1.82, 2.24) is 0 Å². The van der Waals surface area contributed by atoms with Crippen LogP contribution in [0.3, 0.4) is 0 Å². The third kappa shape index (κ3) is 6.79. The van der Waals surface area contributed by atoms with Crippen LogP contribution in [0.1, 0.15) is 37.4 Å². The molecule has 0 spiro atoms. The SMILES string of the molecule is Cc1cc(C)c(C)c(C(=O)Oc2ccc(C(=O)OC(CS(=O)(=O)O)C(F)(F)F)cc2)c1. The predicted octanol–water partition coefficient (Wildman–Crippen LogP) is 3.81. The highest BCUT2D eigenvalue weighted by Crippen LogP contribution is 2.26. The van der Waals surface area contributed by atoms with Crippen molar-refractivity contribution in [3.8, 4) is 5.75 Å². The van der Waals surface area contributed by atoms with Gasteiger partial charge in [0.05, 0.1) is 11.1 Å². The van der Waals surface area contributed by atoms with E-state index in [0.29, 0.717) is 5.56 Å². The molecule has 0 aromatic heterocycles. The molecule has 0 aliphatic heterocycles. The zero-order valence-corrected chi connectivity index (χ0v) is 17.5. The fourth-order valence-electron chi connectivity index (χ4n) is 2.66. The van der Waals surface area contributed by atoms with Crippen LogP contribution < -0.4 is 4.74 Å². The van der Waals surface area contributed by atoms with Crippen LogP contribution in [0.25, 0.3) is 0 Å². The molecule has 0 heterocycles. The smallest absolute Gasteiger partial charge is 0.426 e. The summed E-state index contributed by atoms with van der Waals surface area (Å²) >= 11 is 0. The first-order valence-corrected chi connectivity index (χ1v) is 10.4. The average Bonchev–Trinajstić information content (AvgIpc) is 2.62. The highest BCUT2D eigenvalue weighted by atomic mass is 32.2. The number of carbonyl (C=O) groups excluding carboxylic acids is 2. The van der Waals surface area contributed by atoms with Crippen LogP contribution in [-0.2, 0) is 14.9 Å². The molecular weight excluding hydrogens is 441 g/mol. The second-order valence-electron chi connectivity index (χ2n) is 6.85. The molecule has 0 aliphatic rings. The molecule has 0 saturated heterocycles. The Bertz CT molecular complexity index is 1090. The van der Waals surface area contributed by atoms with Gasteiger partial charge in [-0.15, -0.1) is 0 Å². The molecule has 0 aliphatic carbocycles. The summed E-state index contributed by atoms with van der Waals surface area (Å²) in [6, 6.07) is 8.03. The number of carbonyl (C=O) groups is 2. The number of hydrogen-bond acceptors (Lipinski definition) is 6. The summed E-state index contributed by atoms with van der Waals surface area (Å²) in [5, 5.41) is 0. The van der Waals surface area contributed by atoms with E-state index in [2.05, 4.69) is 4.74 Å². The zero-order valence-electron chi connectivity index (χ0n) is 16.7. The van der Waals surface area contributed by atoms with E-state index in [9.17, 15) is 31.2 Å². The maximum Gasteiger partial charge on any atom is 0.426 e. The van der Waals surface area contributed by atoms with Gasteiger partial charge in [-0.25, -0.2) is 9.59 Å². The minimum Gasteiger partial charge on any atom is -0.448 e. The van der Waals surface area contributed by atoms with Crippen molar-refractivity contribution in [2.24, 2.45) is 0 Å². The summed E-state index contributed by atoms with van der Waals surface area (Å²) < 4.78 is 78.2. The van der Waals surface area contributed by atoms with Crippen molar-refractivity contribution in [2.45, 2.75) is 33.1 Å². The zero-order chi connectivity index (χ0) is 23.6. The normalized spacial score (nSPS) is 12.9. The van der Waals surface area contributed by atoms with Crippen molar-refractivity contribution in [1.29, 1.82) is 0 Å². The first-order valence-electron chi connectivity index (χ1n) is 8.80. The van der Waals surface area contributed by atoms with Crippen molar-refractivity contribution in [3.63, 3.8) is 0 Å². The van der Waals surface area contributed by atoms with Crippen molar-refractivity contribution in [2.75, 3.05) is 5.75 Å². The largest absolute Gasteiger partial charge is 0.448 e. The molecule has 31 heavy (non-hydrogen) atoms. The van der Waals surface area contributed by atoms with Crippen LogP contribution in [0.5, 0.6) is 5.75 Å². The van der Waals surface area contributed by atoms with Gasteiger partial charge in [-0.2, -0.15) is 21.6 Å². The van der Waals surface area contributed by atoms with Crippen molar-refractivity contribution >= 4 is 22.1 Å². The van der Waals surface area contributed by atoms with Crippen LogP contribution >= 0.6 is 0 Å². The fourth-order valence-corrected chi connectivity index (χ4v) is 3.30. The Balaban J connectivity index is 2.14. The fraction of sp³-hybridized carbons (Fsp3) is 0.300. The lowest BCUT2D eigenvalue weighted by molar-refractivity contribution is -0.197. The summed E-state index contributed by atoms with van der Waals surface area (Å²) in [4.78, 5) is 24.4. The van der Waals surface area contributed by atoms with E-state index >= 15 is 0 Å². The molecule has 2 aromatic rings. The van der Waals surface area contributed by atoms with E-state index in [-0.39, 0.29) is 11.3 Å². The van der Waals surface area contributed by atoms with Crippen LogP contribution in [0.2, 0.25) is 0 Å². The van der Waals surface area contributed by atoms with Crippen molar-refractivity contribution in [3.05, 3.63) is 64.2 Å². The molecule has 2 rings (SSSR count). The van der Waals surface area contributed by atoms with Gasteiger partial charge in [0, 0.05) is 0 Å². The van der Waals surface area contributed by atoms with E-state index in [4.69, 9.17) is 9.29 Å². The second-order valence-corrected chi connectivity index (χ2v) is 8.35. The van der Waals surface area contributed by atoms with Gasteiger partial charge in [-0.1, -0.05) is 6.07 Å². The Morgan fingerprint density at radius 2 is 1.61 bits per heavy atom. The lowest BCUT2D eigenvalue weighted by Gasteiger charge is -2.19. The van der Waals surface area contributed by atoms with E-state index < -0.39 is 40.1 Å². The molecule has 11 heteroatoms. The first kappa shape index (κ1) is 24.4. The van der Waals surface area contributed by atoms with Crippen LogP contribution in [0, 0.1) is 20.8 Å². The molecule has 1 atom stereocenters. The molecule has 7 nitrogen and oxygen atoms in total. The molecule has 0 saturated carbocycles. The number of esters is 2. The molecular formula is C20H19F3O7S. The van der Waals surface area contributed by atoms with Gasteiger partial charge in [0.25, 0.3) is 10.1 Å². The lowest BCUT2D eigenvalue weighted by Crippen LogP contribution is -2.39. The van der Waals surface area contributed by atoms with Gasteiger partial charge in [-0.3, -0.25) is 4.55 Å². The summed E-state index contributed by atoms with van der Waals surface area (Å²) in [5.41, 5.74) is 2.49. The van der Waals surface area contributed by atoms with E-state index in [1.165, 1.54) is 12.1 Å². The van der Waals surface area contributed by atoms with Gasteiger partial charge < -0.3 is 9.47 Å². The molecule has 0 radical (unpaired) electrons. The maximum absolute atomic E-state index is 12.9. The molecule has 0 fully saturated rings. The molecule has 0 bridgehead atoms. The number of aryl methyl sites for hydroxylation is 2. The summed E-state index contributed by atoms with van der Waals surface area (Å²) in [6.45, 7) is 5.42. The highest BCUT2D eigenvalue weighted by Gasteiger charge is 2.45. The maximum atomic E-state index is 12.9. The van der Waals surface area contributed by atoms with Gasteiger partial charge >= 0.3 is 18.1 Å². The molecule has 1 unspecified atom stereocenters. The first-order chi connectivity index (χ1) is 14.2. The lowest BCUT2D eigenvalue weighted by atomic mass is 10.0. The summed E-state index contributed by atoms with van der Waals surface area (Å²) in [7, 11) is -5.05. The van der Waals surface area contributed by atoms with Gasteiger partial charge in [0.1, 0.15) is 11.5 Å². The summed E-state index contributed by atoms with van der Waals surface area (Å²) in [5.74, 6) is -3.91. The third-order valence-electron chi connectivity index (χ3n) is 4.31. The van der Waals surface area contributed by atoms with Crippen LogP contribution in [0.15, 0.2) is 36.4 Å². The topological polar surface area (TPSA) is 107 Å². The van der Waals surface area contributed by atoms with Crippen LogP contribution in [0.4, 0.5) is 13.2 Å². The number of rotatable bonds is 6. The van der Waals surface area contributed by atoms with E-state index in [1.54, 1.807) is 13.0 Å².